The molecule has 0 fully saturated rings. The van der Waals surface area contributed by atoms with Gasteiger partial charge in [0.25, 0.3) is 0 Å². The van der Waals surface area contributed by atoms with Crippen molar-refractivity contribution in [2.75, 3.05) is 11.6 Å². The summed E-state index contributed by atoms with van der Waals surface area (Å²) >= 11 is 0. The maximum atomic E-state index is 11.4. The maximum absolute atomic E-state index is 11.4. The molecule has 0 radical (unpaired) electrons. The Morgan fingerprint density at radius 3 is 2.53 bits per heavy atom. The van der Waals surface area contributed by atoms with Crippen LogP contribution in [0.2, 0.25) is 0 Å². The Bertz CT molecular complexity index is 549. The lowest BCUT2D eigenvalue weighted by atomic mass is 10.1. The molecular weight excluding hydrogens is 242 g/mol. The molecule has 6 heteroatoms. The molecule has 0 heterocycles. The van der Waals surface area contributed by atoms with E-state index < -0.39 is 9.84 Å². The average Bonchev–Trinajstić information content (AvgIpc) is 2.18. The van der Waals surface area contributed by atoms with E-state index in [4.69, 9.17) is 0 Å². The van der Waals surface area contributed by atoms with Gasteiger partial charge in [-0.05, 0) is 17.7 Å². The molecule has 0 bridgehead atoms. The fraction of sp³-hybridized carbons (Fsp3) is 0.273. The van der Waals surface area contributed by atoms with Crippen LogP contribution in [0, 0.1) is 0 Å². The second kappa shape index (κ2) is 5.09. The number of sulfone groups is 1. The van der Waals surface area contributed by atoms with Crippen molar-refractivity contribution in [1.82, 2.24) is 0 Å². The Labute approximate surface area is 99.8 Å². The van der Waals surface area contributed by atoms with E-state index in [2.05, 4.69) is 5.32 Å². The number of anilines is 1. The minimum absolute atomic E-state index is 0.107. The highest BCUT2D eigenvalue weighted by Crippen LogP contribution is 2.21. The number of amides is 1. The first-order valence-electron chi connectivity index (χ1n) is 4.89. The molecule has 5 nitrogen and oxygen atoms in total. The van der Waals surface area contributed by atoms with E-state index in [1.807, 2.05) is 0 Å². The Kier molecular flexibility index (Phi) is 4.01. The lowest BCUT2D eigenvalue weighted by molar-refractivity contribution is -0.114. The van der Waals surface area contributed by atoms with Crippen LogP contribution < -0.4 is 5.32 Å². The summed E-state index contributed by atoms with van der Waals surface area (Å²) in [4.78, 5) is 21.6. The summed E-state index contributed by atoms with van der Waals surface area (Å²) < 4.78 is 22.7. The molecule has 0 saturated carbocycles. The smallest absolute Gasteiger partial charge is 0.221 e. The molecule has 1 rings (SSSR count). The van der Waals surface area contributed by atoms with Gasteiger partial charge in [-0.3, -0.25) is 4.79 Å². The highest BCUT2D eigenvalue weighted by Gasteiger charge is 2.11. The van der Waals surface area contributed by atoms with E-state index >= 15 is 0 Å². The van der Waals surface area contributed by atoms with Gasteiger partial charge in [0.1, 0.15) is 6.29 Å². The molecule has 0 aliphatic carbocycles. The number of nitrogens with one attached hydrogen (secondary N) is 1. The normalized spacial score (nSPS) is 10.9. The highest BCUT2D eigenvalue weighted by atomic mass is 32.2. The van der Waals surface area contributed by atoms with Crippen LogP contribution in [0.15, 0.2) is 23.1 Å². The highest BCUT2D eigenvalue weighted by molar-refractivity contribution is 7.90. The fourth-order valence-electron chi connectivity index (χ4n) is 1.36. The van der Waals surface area contributed by atoms with E-state index in [1.54, 1.807) is 0 Å². The number of carbonyl (C=O) groups is 2. The van der Waals surface area contributed by atoms with Gasteiger partial charge in [-0.25, -0.2) is 8.42 Å². The molecule has 1 N–H and O–H groups in total. The van der Waals surface area contributed by atoms with Gasteiger partial charge in [0.05, 0.1) is 4.90 Å². The molecule has 1 aromatic rings. The molecule has 0 spiro atoms. The average molecular weight is 255 g/mol. The quantitative estimate of drug-likeness (QED) is 0.807. The Balaban J connectivity index is 3.28. The lowest BCUT2D eigenvalue weighted by Crippen LogP contribution is -2.10. The molecule has 0 aliphatic heterocycles. The minimum atomic E-state index is -3.33. The predicted molar refractivity (Wildman–Crippen MR) is 63.6 cm³/mol. The summed E-state index contributed by atoms with van der Waals surface area (Å²) in [5.74, 6) is -0.317. The summed E-state index contributed by atoms with van der Waals surface area (Å²) in [7, 11) is -3.33. The largest absolute Gasteiger partial charge is 0.326 e. The van der Waals surface area contributed by atoms with E-state index in [-0.39, 0.29) is 17.2 Å². The Morgan fingerprint density at radius 1 is 1.41 bits per heavy atom. The van der Waals surface area contributed by atoms with Gasteiger partial charge < -0.3 is 10.1 Å². The maximum Gasteiger partial charge on any atom is 0.221 e. The third kappa shape index (κ3) is 3.67. The molecule has 0 aromatic heterocycles. The van der Waals surface area contributed by atoms with E-state index in [0.29, 0.717) is 17.5 Å². The van der Waals surface area contributed by atoms with Crippen molar-refractivity contribution >= 4 is 27.7 Å². The van der Waals surface area contributed by atoms with Crippen LogP contribution in [-0.2, 0) is 25.8 Å². The standard InChI is InChI=1S/C11H13NO4S/c1-8(14)12-11-7-10(17(2,15)16)4-3-9(11)5-6-13/h3-4,6-7H,5H2,1-2H3,(H,12,14). The second-order valence-electron chi connectivity index (χ2n) is 3.64. The third-order valence-electron chi connectivity index (χ3n) is 2.12. The number of aldehydes is 1. The predicted octanol–water partition coefficient (Wildman–Crippen LogP) is 0.790. The molecule has 0 unspecified atom stereocenters. The van der Waals surface area contributed by atoms with Crippen molar-refractivity contribution in [3.05, 3.63) is 23.8 Å². The number of hydrogen-bond donors (Lipinski definition) is 1. The SMILES string of the molecule is CC(=O)Nc1cc(S(C)(=O)=O)ccc1CC=O. The number of hydrogen-bond acceptors (Lipinski definition) is 4. The molecule has 1 amide bonds. The number of rotatable bonds is 4. The lowest BCUT2D eigenvalue weighted by Gasteiger charge is -2.09. The zero-order valence-corrected chi connectivity index (χ0v) is 10.4. The molecule has 92 valence electrons. The molecule has 0 aliphatic rings. The molecule has 1 aromatic carbocycles. The minimum Gasteiger partial charge on any atom is -0.326 e. The number of benzene rings is 1. The summed E-state index contributed by atoms with van der Waals surface area (Å²) in [6, 6.07) is 4.30. The van der Waals surface area contributed by atoms with Crippen LogP contribution in [0.5, 0.6) is 0 Å². The van der Waals surface area contributed by atoms with Crippen LogP contribution in [0.4, 0.5) is 5.69 Å². The molecule has 17 heavy (non-hydrogen) atoms. The van der Waals surface area contributed by atoms with Crippen molar-refractivity contribution in [2.45, 2.75) is 18.2 Å². The first-order valence-corrected chi connectivity index (χ1v) is 6.78. The van der Waals surface area contributed by atoms with Gasteiger partial charge in [-0.1, -0.05) is 6.07 Å². The molecule has 0 saturated heterocycles. The van der Waals surface area contributed by atoms with Crippen molar-refractivity contribution in [2.24, 2.45) is 0 Å². The topological polar surface area (TPSA) is 80.3 Å². The van der Waals surface area contributed by atoms with Crippen LogP contribution in [0.25, 0.3) is 0 Å². The summed E-state index contributed by atoms with van der Waals surface area (Å²) in [5, 5.41) is 2.51. The van der Waals surface area contributed by atoms with E-state index in [9.17, 15) is 18.0 Å². The van der Waals surface area contributed by atoms with Gasteiger partial charge in [0, 0.05) is 25.3 Å². The van der Waals surface area contributed by atoms with Gasteiger partial charge >= 0.3 is 0 Å². The first kappa shape index (κ1) is 13.4. The number of carbonyl (C=O) groups excluding carboxylic acids is 2. The van der Waals surface area contributed by atoms with E-state index in [0.717, 1.165) is 6.26 Å². The summed E-state index contributed by atoms with van der Waals surface area (Å²) in [6.45, 7) is 1.32. The van der Waals surface area contributed by atoms with Crippen LogP contribution in [0.1, 0.15) is 12.5 Å². The van der Waals surface area contributed by atoms with E-state index in [1.165, 1.54) is 25.1 Å². The zero-order valence-electron chi connectivity index (χ0n) is 9.56. The van der Waals surface area contributed by atoms with Gasteiger partial charge in [0.2, 0.25) is 5.91 Å². The molecule has 0 atom stereocenters. The van der Waals surface area contributed by atoms with Gasteiger partial charge in [-0.15, -0.1) is 0 Å². The van der Waals surface area contributed by atoms with Crippen molar-refractivity contribution < 1.29 is 18.0 Å². The first-order chi connectivity index (χ1) is 7.84. The van der Waals surface area contributed by atoms with Crippen molar-refractivity contribution in [3.8, 4) is 0 Å². The third-order valence-corrected chi connectivity index (χ3v) is 3.23. The van der Waals surface area contributed by atoms with Crippen molar-refractivity contribution in [3.63, 3.8) is 0 Å². The summed E-state index contributed by atoms with van der Waals surface area (Å²) in [6.07, 6.45) is 1.90. The summed E-state index contributed by atoms with van der Waals surface area (Å²) in [5.41, 5.74) is 0.940. The zero-order chi connectivity index (χ0) is 13.1. The van der Waals surface area contributed by atoms with Gasteiger partial charge in [0.15, 0.2) is 9.84 Å². The van der Waals surface area contributed by atoms with Crippen molar-refractivity contribution in [1.29, 1.82) is 0 Å². The van der Waals surface area contributed by atoms with Gasteiger partial charge in [-0.2, -0.15) is 0 Å². The van der Waals surface area contributed by atoms with Crippen LogP contribution in [0.3, 0.4) is 0 Å². The monoisotopic (exact) mass is 255 g/mol. The molecular formula is C11H13NO4S. The van der Waals surface area contributed by atoms with Crippen LogP contribution >= 0.6 is 0 Å². The van der Waals surface area contributed by atoms with Crippen LogP contribution in [-0.4, -0.2) is 26.9 Å². The second-order valence-corrected chi connectivity index (χ2v) is 5.66. The Morgan fingerprint density at radius 2 is 2.06 bits per heavy atom. The Hall–Kier alpha value is -1.69. The fourth-order valence-corrected chi connectivity index (χ4v) is 2.01.